The fraction of sp³-hybridized carbons (Fsp3) is 0.318. The second-order valence-corrected chi connectivity index (χ2v) is 7.71. The van der Waals surface area contributed by atoms with Crippen molar-refractivity contribution in [2.45, 2.75) is 31.3 Å². The first kappa shape index (κ1) is 21.8. The quantitative estimate of drug-likeness (QED) is 0.512. The van der Waals surface area contributed by atoms with Crippen LogP contribution in [0.4, 0.5) is 0 Å². The van der Waals surface area contributed by atoms with Gasteiger partial charge in [-0.15, -0.1) is 0 Å². The Kier molecular flexibility index (Phi) is 7.43. The largest absolute Gasteiger partial charge is 0.480 e. The summed E-state index contributed by atoms with van der Waals surface area (Å²) in [6.07, 6.45) is 0.656. The number of aliphatic carboxylic acids is 1. The summed E-state index contributed by atoms with van der Waals surface area (Å²) in [5.41, 5.74) is 3.18. The Morgan fingerprint density at radius 1 is 1.07 bits per heavy atom. The van der Waals surface area contributed by atoms with E-state index in [1.165, 1.54) is 5.56 Å². The average molecular weight is 430 g/mol. The molecule has 0 spiro atoms. The van der Waals surface area contributed by atoms with Crippen molar-refractivity contribution in [2.75, 3.05) is 13.1 Å². The van der Waals surface area contributed by atoms with E-state index in [0.717, 1.165) is 11.1 Å². The molecule has 0 saturated carbocycles. The number of fused-ring (bicyclic) bond motifs is 1. The first-order chi connectivity index (χ1) is 14.4. The van der Waals surface area contributed by atoms with Crippen LogP contribution in [0.3, 0.4) is 0 Å². The maximum absolute atomic E-state index is 12.7. The summed E-state index contributed by atoms with van der Waals surface area (Å²) < 4.78 is 0. The molecule has 0 aromatic heterocycles. The van der Waals surface area contributed by atoms with E-state index < -0.39 is 18.4 Å². The molecule has 7 nitrogen and oxygen atoms in total. The second-order valence-electron chi connectivity index (χ2n) is 7.27. The summed E-state index contributed by atoms with van der Waals surface area (Å²) in [4.78, 5) is 35.6. The lowest BCUT2D eigenvalue weighted by molar-refractivity contribution is -0.138. The van der Waals surface area contributed by atoms with E-state index in [-0.39, 0.29) is 30.8 Å². The van der Waals surface area contributed by atoms with Gasteiger partial charge in [-0.05, 0) is 35.2 Å². The van der Waals surface area contributed by atoms with Crippen molar-refractivity contribution in [1.82, 2.24) is 16.0 Å². The summed E-state index contributed by atoms with van der Waals surface area (Å²) in [5, 5.41) is 17.9. The predicted molar refractivity (Wildman–Crippen MR) is 113 cm³/mol. The lowest BCUT2D eigenvalue weighted by Gasteiger charge is -2.26. The van der Waals surface area contributed by atoms with Crippen LogP contribution < -0.4 is 16.0 Å². The molecule has 2 unspecified atom stereocenters. The van der Waals surface area contributed by atoms with Gasteiger partial charge in [-0.2, -0.15) is 0 Å². The van der Waals surface area contributed by atoms with Gasteiger partial charge in [0.1, 0.15) is 6.54 Å². The number of amides is 2. The lowest BCUT2D eigenvalue weighted by Crippen LogP contribution is -2.48. The van der Waals surface area contributed by atoms with Gasteiger partial charge >= 0.3 is 5.97 Å². The van der Waals surface area contributed by atoms with Gasteiger partial charge < -0.3 is 21.1 Å². The van der Waals surface area contributed by atoms with Gasteiger partial charge in [0.05, 0.1) is 6.04 Å². The highest BCUT2D eigenvalue weighted by Crippen LogP contribution is 2.22. The molecule has 1 heterocycles. The van der Waals surface area contributed by atoms with Gasteiger partial charge in [-0.3, -0.25) is 14.4 Å². The third-order valence-corrected chi connectivity index (χ3v) is 5.38. The van der Waals surface area contributed by atoms with Crippen LogP contribution in [-0.4, -0.2) is 42.0 Å². The molecule has 2 atom stereocenters. The average Bonchev–Trinajstić information content (AvgIpc) is 2.75. The summed E-state index contributed by atoms with van der Waals surface area (Å²) in [5.74, 6) is -1.94. The Hall–Kier alpha value is -2.90. The molecule has 158 valence electrons. The highest BCUT2D eigenvalue weighted by Gasteiger charge is 2.25. The number of carboxylic acids is 1. The van der Waals surface area contributed by atoms with E-state index in [9.17, 15) is 14.4 Å². The van der Waals surface area contributed by atoms with E-state index in [1.807, 2.05) is 24.3 Å². The zero-order valence-electron chi connectivity index (χ0n) is 16.4. The van der Waals surface area contributed by atoms with Gasteiger partial charge in [0.15, 0.2) is 0 Å². The number of hydrogen-bond donors (Lipinski definition) is 4. The van der Waals surface area contributed by atoms with Crippen molar-refractivity contribution >= 4 is 29.4 Å². The summed E-state index contributed by atoms with van der Waals surface area (Å²) in [6, 6.07) is 14.7. The monoisotopic (exact) mass is 429 g/mol. The van der Waals surface area contributed by atoms with Crippen LogP contribution >= 0.6 is 11.6 Å². The fourth-order valence-corrected chi connectivity index (χ4v) is 3.63. The molecule has 0 bridgehead atoms. The van der Waals surface area contributed by atoms with Gasteiger partial charge in [0.25, 0.3) is 0 Å². The van der Waals surface area contributed by atoms with E-state index >= 15 is 0 Å². The standard InChI is InChI=1S/C22H24ClN3O4/c23-18-7-5-14(6-8-18)17(10-20(27)25-13-21(28)29)12-26-22(30)19-9-15-3-1-2-4-16(15)11-24-19/h1-8,17,19,24H,9-13H2,(H,25,27)(H,26,30)(H,28,29). The minimum absolute atomic E-state index is 0.0517. The number of hydrogen-bond acceptors (Lipinski definition) is 4. The molecule has 0 saturated heterocycles. The molecular weight excluding hydrogens is 406 g/mol. The molecule has 0 aliphatic carbocycles. The number of carbonyl (C=O) groups is 3. The van der Waals surface area contributed by atoms with Crippen molar-refractivity contribution in [3.63, 3.8) is 0 Å². The van der Waals surface area contributed by atoms with E-state index in [1.54, 1.807) is 24.3 Å². The van der Waals surface area contributed by atoms with Crippen molar-refractivity contribution < 1.29 is 19.5 Å². The maximum Gasteiger partial charge on any atom is 0.322 e. The normalized spacial score (nSPS) is 16.2. The zero-order valence-corrected chi connectivity index (χ0v) is 17.1. The van der Waals surface area contributed by atoms with Crippen LogP contribution in [0, 0.1) is 0 Å². The summed E-state index contributed by atoms with van der Waals surface area (Å²) >= 11 is 5.95. The minimum Gasteiger partial charge on any atom is -0.480 e. The number of nitrogens with one attached hydrogen (secondary N) is 3. The van der Waals surface area contributed by atoms with Crippen LogP contribution in [0.5, 0.6) is 0 Å². The SMILES string of the molecule is O=C(O)CNC(=O)CC(CNC(=O)C1Cc2ccccc2CN1)c1ccc(Cl)cc1. The van der Waals surface area contributed by atoms with E-state index in [0.29, 0.717) is 18.0 Å². The second kappa shape index (κ2) is 10.2. The molecule has 30 heavy (non-hydrogen) atoms. The molecule has 8 heteroatoms. The minimum atomic E-state index is -1.11. The lowest BCUT2D eigenvalue weighted by atomic mass is 9.93. The smallest absolute Gasteiger partial charge is 0.322 e. The van der Waals surface area contributed by atoms with E-state index in [2.05, 4.69) is 16.0 Å². The van der Waals surface area contributed by atoms with Crippen LogP contribution in [0.2, 0.25) is 5.02 Å². The highest BCUT2D eigenvalue weighted by atomic mass is 35.5. The maximum atomic E-state index is 12.7. The molecular formula is C22H24ClN3O4. The molecule has 2 amide bonds. The molecule has 4 N–H and O–H groups in total. The number of benzene rings is 2. The molecule has 2 aromatic rings. The van der Waals surface area contributed by atoms with Crippen LogP contribution in [-0.2, 0) is 27.3 Å². The van der Waals surface area contributed by atoms with Crippen LogP contribution in [0.15, 0.2) is 48.5 Å². The van der Waals surface area contributed by atoms with Crippen molar-refractivity contribution in [3.8, 4) is 0 Å². The van der Waals surface area contributed by atoms with Crippen molar-refractivity contribution in [3.05, 3.63) is 70.2 Å². The Labute approximate surface area is 179 Å². The van der Waals surface area contributed by atoms with Gasteiger partial charge in [0, 0.05) is 30.5 Å². The Balaban J connectivity index is 1.62. The van der Waals surface area contributed by atoms with Crippen molar-refractivity contribution in [1.29, 1.82) is 0 Å². The van der Waals surface area contributed by atoms with Gasteiger partial charge in [-0.25, -0.2) is 0 Å². The fourth-order valence-electron chi connectivity index (χ4n) is 3.50. The predicted octanol–water partition coefficient (Wildman–Crippen LogP) is 1.85. The first-order valence-corrected chi connectivity index (χ1v) is 10.1. The molecule has 1 aliphatic heterocycles. The topological polar surface area (TPSA) is 108 Å². The molecule has 0 fully saturated rings. The van der Waals surface area contributed by atoms with Gasteiger partial charge in [0.2, 0.25) is 11.8 Å². The summed E-state index contributed by atoms with van der Waals surface area (Å²) in [6.45, 7) is 0.442. The molecule has 1 aliphatic rings. The Morgan fingerprint density at radius 2 is 1.77 bits per heavy atom. The molecule has 2 aromatic carbocycles. The number of carboxylic acid groups (broad SMARTS) is 1. The summed E-state index contributed by atoms with van der Waals surface area (Å²) in [7, 11) is 0. The zero-order chi connectivity index (χ0) is 21.5. The number of carbonyl (C=O) groups excluding carboxylic acids is 2. The van der Waals surface area contributed by atoms with Crippen molar-refractivity contribution in [2.24, 2.45) is 0 Å². The molecule has 3 rings (SSSR count). The molecule has 0 radical (unpaired) electrons. The third-order valence-electron chi connectivity index (χ3n) is 5.13. The van der Waals surface area contributed by atoms with Crippen LogP contribution in [0.1, 0.15) is 29.0 Å². The van der Waals surface area contributed by atoms with E-state index in [4.69, 9.17) is 16.7 Å². The third kappa shape index (κ3) is 6.05. The Bertz CT molecular complexity index is 917. The number of rotatable bonds is 8. The number of halogens is 1. The van der Waals surface area contributed by atoms with Crippen LogP contribution in [0.25, 0.3) is 0 Å². The Morgan fingerprint density at radius 3 is 2.47 bits per heavy atom. The van der Waals surface area contributed by atoms with Gasteiger partial charge in [-0.1, -0.05) is 48.0 Å². The first-order valence-electron chi connectivity index (χ1n) is 9.74. The highest BCUT2D eigenvalue weighted by molar-refractivity contribution is 6.30.